The van der Waals surface area contributed by atoms with Gasteiger partial charge < -0.3 is 15.4 Å². The molecule has 0 saturated heterocycles. The summed E-state index contributed by atoms with van der Waals surface area (Å²) in [7, 11) is 0. The molecule has 2 N–H and O–H groups in total. The second-order valence-electron chi connectivity index (χ2n) is 6.09. The van der Waals surface area contributed by atoms with Gasteiger partial charge in [0, 0.05) is 17.8 Å². The number of hydrogen-bond acceptors (Lipinski definition) is 3. The van der Waals surface area contributed by atoms with Crippen LogP contribution in [-0.4, -0.2) is 24.5 Å². The Morgan fingerprint density at radius 2 is 1.70 bits per heavy atom. The highest BCUT2D eigenvalue weighted by Gasteiger charge is 2.08. The Balaban J connectivity index is 2.39. The SMILES string of the molecule is CCC(=O)Nc1cccc(NC(=O)CCO[C@H](C)CC(C)C)c1. The maximum Gasteiger partial charge on any atom is 0.226 e. The van der Waals surface area contributed by atoms with Crippen molar-refractivity contribution in [2.45, 2.75) is 53.1 Å². The summed E-state index contributed by atoms with van der Waals surface area (Å²) in [5.41, 5.74) is 1.34. The van der Waals surface area contributed by atoms with E-state index in [1.807, 2.05) is 6.92 Å². The van der Waals surface area contributed by atoms with Crippen molar-refractivity contribution in [2.75, 3.05) is 17.2 Å². The van der Waals surface area contributed by atoms with E-state index in [9.17, 15) is 9.59 Å². The molecule has 0 aliphatic carbocycles. The van der Waals surface area contributed by atoms with Crippen molar-refractivity contribution >= 4 is 23.2 Å². The van der Waals surface area contributed by atoms with Gasteiger partial charge in [-0.25, -0.2) is 0 Å². The second-order valence-corrected chi connectivity index (χ2v) is 6.09. The number of benzene rings is 1. The predicted octanol–water partition coefficient (Wildman–Crippen LogP) is 3.81. The standard InChI is InChI=1S/C18H28N2O3/c1-5-17(21)19-15-7-6-8-16(12-15)20-18(22)9-10-23-14(4)11-13(2)3/h6-8,12-14H,5,9-11H2,1-4H3,(H,19,21)(H,20,22)/t14-/m1/s1. The Kier molecular flexibility index (Phi) is 8.33. The number of nitrogens with one attached hydrogen (secondary N) is 2. The fourth-order valence-corrected chi connectivity index (χ4v) is 2.23. The molecule has 0 bridgehead atoms. The summed E-state index contributed by atoms with van der Waals surface area (Å²) >= 11 is 0. The van der Waals surface area contributed by atoms with E-state index in [1.54, 1.807) is 31.2 Å². The monoisotopic (exact) mass is 320 g/mol. The summed E-state index contributed by atoms with van der Waals surface area (Å²) in [5, 5.41) is 5.58. The summed E-state index contributed by atoms with van der Waals surface area (Å²) in [5.74, 6) is 0.432. The molecule has 0 aromatic heterocycles. The first-order valence-electron chi connectivity index (χ1n) is 8.22. The van der Waals surface area contributed by atoms with Crippen LogP contribution in [-0.2, 0) is 14.3 Å². The van der Waals surface area contributed by atoms with Gasteiger partial charge in [0.05, 0.1) is 19.1 Å². The van der Waals surface area contributed by atoms with E-state index in [2.05, 4.69) is 24.5 Å². The van der Waals surface area contributed by atoms with Crippen LogP contribution in [0.4, 0.5) is 11.4 Å². The number of amides is 2. The third-order valence-corrected chi connectivity index (χ3v) is 3.29. The van der Waals surface area contributed by atoms with Gasteiger partial charge in [-0.15, -0.1) is 0 Å². The number of ether oxygens (including phenoxy) is 1. The van der Waals surface area contributed by atoms with Gasteiger partial charge >= 0.3 is 0 Å². The third-order valence-electron chi connectivity index (χ3n) is 3.29. The molecular weight excluding hydrogens is 292 g/mol. The van der Waals surface area contributed by atoms with Crippen LogP contribution >= 0.6 is 0 Å². The number of carbonyl (C=O) groups is 2. The average molecular weight is 320 g/mol. The molecule has 0 aliphatic heterocycles. The van der Waals surface area contributed by atoms with Gasteiger partial charge in [-0.2, -0.15) is 0 Å². The van der Waals surface area contributed by atoms with Crippen molar-refractivity contribution in [3.8, 4) is 0 Å². The number of hydrogen-bond donors (Lipinski definition) is 2. The zero-order chi connectivity index (χ0) is 17.2. The number of rotatable bonds is 9. The highest BCUT2D eigenvalue weighted by molar-refractivity contribution is 5.93. The third kappa shape index (κ3) is 8.35. The summed E-state index contributed by atoms with van der Waals surface area (Å²) < 4.78 is 5.63. The van der Waals surface area contributed by atoms with Gasteiger partial charge in [0.25, 0.3) is 0 Å². The van der Waals surface area contributed by atoms with Crippen LogP contribution in [0.1, 0.15) is 47.0 Å². The molecule has 0 radical (unpaired) electrons. The minimum atomic E-state index is -0.0966. The molecule has 0 aliphatic rings. The van der Waals surface area contributed by atoms with Crippen LogP contribution in [0.5, 0.6) is 0 Å². The molecular formula is C18H28N2O3. The average Bonchev–Trinajstić information content (AvgIpc) is 2.46. The van der Waals surface area contributed by atoms with Gasteiger partial charge in [-0.1, -0.05) is 26.8 Å². The van der Waals surface area contributed by atoms with Gasteiger partial charge in [-0.3, -0.25) is 9.59 Å². The van der Waals surface area contributed by atoms with Crippen LogP contribution in [0.3, 0.4) is 0 Å². The van der Waals surface area contributed by atoms with E-state index in [4.69, 9.17) is 4.74 Å². The highest BCUT2D eigenvalue weighted by atomic mass is 16.5. The van der Waals surface area contributed by atoms with Gasteiger partial charge in [0.2, 0.25) is 11.8 Å². The Bertz CT molecular complexity index is 515. The van der Waals surface area contributed by atoms with Gasteiger partial charge in [0.1, 0.15) is 0 Å². The lowest BCUT2D eigenvalue weighted by molar-refractivity contribution is -0.118. The largest absolute Gasteiger partial charge is 0.378 e. The molecule has 1 atom stereocenters. The summed E-state index contributed by atoms with van der Waals surface area (Å²) in [6, 6.07) is 7.12. The lowest BCUT2D eigenvalue weighted by Gasteiger charge is -2.15. The van der Waals surface area contributed by atoms with Gasteiger partial charge in [-0.05, 0) is 37.5 Å². The molecule has 0 fully saturated rings. The van der Waals surface area contributed by atoms with Crippen LogP contribution in [0, 0.1) is 5.92 Å². The molecule has 128 valence electrons. The zero-order valence-electron chi connectivity index (χ0n) is 14.5. The normalized spacial score (nSPS) is 12.0. The second kappa shape index (κ2) is 10.0. The number of carbonyl (C=O) groups excluding carboxylic acids is 2. The first-order valence-corrected chi connectivity index (χ1v) is 8.22. The van der Waals surface area contributed by atoms with Crippen molar-refractivity contribution in [2.24, 2.45) is 5.92 Å². The van der Waals surface area contributed by atoms with Crippen LogP contribution in [0.25, 0.3) is 0 Å². The Morgan fingerprint density at radius 3 is 2.26 bits per heavy atom. The van der Waals surface area contributed by atoms with Gasteiger partial charge in [0.15, 0.2) is 0 Å². The topological polar surface area (TPSA) is 67.4 Å². The van der Waals surface area contributed by atoms with Crippen molar-refractivity contribution in [1.82, 2.24) is 0 Å². The van der Waals surface area contributed by atoms with E-state index < -0.39 is 0 Å². The molecule has 0 unspecified atom stereocenters. The van der Waals surface area contributed by atoms with E-state index in [-0.39, 0.29) is 17.9 Å². The molecule has 1 aromatic rings. The van der Waals surface area contributed by atoms with E-state index >= 15 is 0 Å². The van der Waals surface area contributed by atoms with Crippen molar-refractivity contribution < 1.29 is 14.3 Å². The molecule has 0 saturated carbocycles. The lowest BCUT2D eigenvalue weighted by atomic mass is 10.1. The van der Waals surface area contributed by atoms with E-state index in [0.717, 1.165) is 6.42 Å². The lowest BCUT2D eigenvalue weighted by Crippen LogP contribution is -2.18. The number of anilines is 2. The molecule has 0 spiro atoms. The summed E-state index contributed by atoms with van der Waals surface area (Å²) in [4.78, 5) is 23.3. The fourth-order valence-electron chi connectivity index (χ4n) is 2.23. The Morgan fingerprint density at radius 1 is 1.09 bits per heavy atom. The summed E-state index contributed by atoms with van der Waals surface area (Å²) in [6.07, 6.45) is 1.88. The van der Waals surface area contributed by atoms with E-state index in [0.29, 0.717) is 36.7 Å². The molecule has 5 heteroatoms. The van der Waals surface area contributed by atoms with Crippen LogP contribution < -0.4 is 10.6 Å². The Hall–Kier alpha value is -1.88. The fraction of sp³-hybridized carbons (Fsp3) is 0.556. The predicted molar refractivity (Wildman–Crippen MR) is 93.5 cm³/mol. The quantitative estimate of drug-likeness (QED) is 0.727. The molecule has 1 aromatic carbocycles. The van der Waals surface area contributed by atoms with E-state index in [1.165, 1.54) is 0 Å². The van der Waals surface area contributed by atoms with Crippen LogP contribution in [0.2, 0.25) is 0 Å². The van der Waals surface area contributed by atoms with Crippen molar-refractivity contribution in [1.29, 1.82) is 0 Å². The zero-order valence-corrected chi connectivity index (χ0v) is 14.5. The smallest absolute Gasteiger partial charge is 0.226 e. The molecule has 0 heterocycles. The molecule has 5 nitrogen and oxygen atoms in total. The van der Waals surface area contributed by atoms with Crippen molar-refractivity contribution in [3.63, 3.8) is 0 Å². The maximum atomic E-state index is 11.9. The summed E-state index contributed by atoms with van der Waals surface area (Å²) in [6.45, 7) is 8.53. The Labute approximate surface area is 138 Å². The first kappa shape index (κ1) is 19.2. The van der Waals surface area contributed by atoms with Crippen LogP contribution in [0.15, 0.2) is 24.3 Å². The minimum Gasteiger partial charge on any atom is -0.378 e. The van der Waals surface area contributed by atoms with Crippen molar-refractivity contribution in [3.05, 3.63) is 24.3 Å². The minimum absolute atomic E-state index is 0.0546. The first-order chi connectivity index (χ1) is 10.9. The highest BCUT2D eigenvalue weighted by Crippen LogP contribution is 2.15. The maximum absolute atomic E-state index is 11.9. The molecule has 2 amide bonds. The molecule has 23 heavy (non-hydrogen) atoms. The molecule has 1 rings (SSSR count).